The van der Waals surface area contributed by atoms with E-state index in [0.29, 0.717) is 0 Å². The molecule has 0 N–H and O–H groups in total. The van der Waals surface area contributed by atoms with Crippen molar-refractivity contribution in [2.45, 2.75) is 83.6 Å². The summed E-state index contributed by atoms with van der Waals surface area (Å²) in [7, 11) is 0. The summed E-state index contributed by atoms with van der Waals surface area (Å²) < 4.78 is 0. The molecule has 0 amide bonds. The normalized spacial score (nSPS) is 18.3. The summed E-state index contributed by atoms with van der Waals surface area (Å²) in [5.41, 5.74) is 0. The minimum Gasteiger partial charge on any atom is -0.303 e. The molecule has 0 aliphatic heterocycles. The summed E-state index contributed by atoms with van der Waals surface area (Å²) in [5, 5.41) is 0. The maximum absolute atomic E-state index is 4.33. The first-order chi connectivity index (χ1) is 11.3. The molecule has 2 aliphatic carbocycles. The Hall–Kier alpha value is 0.270. The van der Waals surface area contributed by atoms with E-state index in [4.69, 9.17) is 0 Å². The number of hydrogen-bond donors (Lipinski definition) is 1. The van der Waals surface area contributed by atoms with Crippen LogP contribution in [0.4, 0.5) is 0 Å². The topological polar surface area (TPSA) is 6.48 Å². The highest BCUT2D eigenvalue weighted by Gasteiger charge is 2.27. The molecule has 0 atom stereocenters. The van der Waals surface area contributed by atoms with E-state index in [-0.39, 0.29) is 0 Å². The number of rotatable bonds is 16. The molecule has 0 spiro atoms. The molecule has 0 heterocycles. The van der Waals surface area contributed by atoms with Crippen molar-refractivity contribution in [2.75, 3.05) is 38.5 Å². The van der Waals surface area contributed by atoms with Crippen molar-refractivity contribution < 1.29 is 0 Å². The smallest absolute Gasteiger partial charge is 0.00964 e. The molecule has 2 aliphatic rings. The fourth-order valence-corrected chi connectivity index (χ4v) is 3.79. The average molecular weight is 341 g/mol. The molecule has 2 rings (SSSR count). The summed E-state index contributed by atoms with van der Waals surface area (Å²) in [6.45, 7) is 8.95. The Kier molecular flexibility index (Phi) is 10.0. The van der Waals surface area contributed by atoms with Gasteiger partial charge in [0.1, 0.15) is 0 Å². The van der Waals surface area contributed by atoms with Gasteiger partial charge in [-0.2, -0.15) is 12.6 Å². The predicted molar refractivity (Wildman–Crippen MR) is 106 cm³/mol. The van der Waals surface area contributed by atoms with E-state index in [1.807, 2.05) is 0 Å². The summed E-state index contributed by atoms with van der Waals surface area (Å²) in [4.78, 5) is 5.44. The second-order valence-electron chi connectivity index (χ2n) is 7.80. The molecule has 0 radical (unpaired) electrons. The van der Waals surface area contributed by atoms with Crippen LogP contribution in [0.15, 0.2) is 0 Å². The summed E-state index contributed by atoms with van der Waals surface area (Å²) in [5.74, 6) is 2.10. The van der Waals surface area contributed by atoms with Gasteiger partial charge >= 0.3 is 0 Å². The maximum Gasteiger partial charge on any atom is 0.00964 e. The van der Waals surface area contributed by atoms with Gasteiger partial charge in [-0.3, -0.25) is 0 Å². The van der Waals surface area contributed by atoms with Gasteiger partial charge in [-0.15, -0.1) is 0 Å². The standard InChI is InChI=1S/C20H40N2S/c1-2-21(18-19-10-11-19)14-6-4-3-5-7-15-22(20-12-13-20)16-8-9-17-23/h19-20,23H,2-18H2,1H3. The molecular weight excluding hydrogens is 300 g/mol. The van der Waals surface area contributed by atoms with Crippen molar-refractivity contribution in [3.63, 3.8) is 0 Å². The highest BCUT2D eigenvalue weighted by atomic mass is 32.1. The molecule has 0 saturated heterocycles. The molecule has 0 bridgehead atoms. The van der Waals surface area contributed by atoms with E-state index in [1.165, 1.54) is 103 Å². The first-order valence-electron chi connectivity index (χ1n) is 10.4. The van der Waals surface area contributed by atoms with Gasteiger partial charge in [0.15, 0.2) is 0 Å². The Morgan fingerprint density at radius 2 is 1.39 bits per heavy atom. The van der Waals surface area contributed by atoms with Crippen molar-refractivity contribution in [2.24, 2.45) is 5.92 Å². The van der Waals surface area contributed by atoms with Crippen LogP contribution in [0.3, 0.4) is 0 Å². The van der Waals surface area contributed by atoms with Crippen LogP contribution in [0, 0.1) is 5.92 Å². The Balaban J connectivity index is 1.41. The lowest BCUT2D eigenvalue weighted by molar-refractivity contribution is 0.251. The van der Waals surface area contributed by atoms with Gasteiger partial charge in [0.25, 0.3) is 0 Å². The van der Waals surface area contributed by atoms with E-state index >= 15 is 0 Å². The zero-order valence-corrected chi connectivity index (χ0v) is 16.4. The quantitative estimate of drug-likeness (QED) is 0.317. The van der Waals surface area contributed by atoms with Crippen LogP contribution in [0.1, 0.15) is 77.6 Å². The van der Waals surface area contributed by atoms with E-state index in [1.54, 1.807) is 0 Å². The number of hydrogen-bond acceptors (Lipinski definition) is 3. The van der Waals surface area contributed by atoms with Gasteiger partial charge in [0.05, 0.1) is 0 Å². The molecule has 2 fully saturated rings. The van der Waals surface area contributed by atoms with Crippen LogP contribution in [0.25, 0.3) is 0 Å². The van der Waals surface area contributed by atoms with Gasteiger partial charge in [0.2, 0.25) is 0 Å². The van der Waals surface area contributed by atoms with Crippen LogP contribution in [0.5, 0.6) is 0 Å². The van der Waals surface area contributed by atoms with Crippen LogP contribution in [-0.2, 0) is 0 Å². The Morgan fingerprint density at radius 3 is 1.96 bits per heavy atom. The number of nitrogens with zero attached hydrogens (tertiary/aromatic N) is 2. The SMILES string of the molecule is CCN(CCCCCCCN(CCCCS)C1CC1)CC1CC1. The monoisotopic (exact) mass is 340 g/mol. The first-order valence-corrected chi connectivity index (χ1v) is 11.0. The predicted octanol–water partition coefficient (Wildman–Crippen LogP) is 4.84. The summed E-state index contributed by atoms with van der Waals surface area (Å²) >= 11 is 4.33. The maximum atomic E-state index is 4.33. The molecule has 2 nitrogen and oxygen atoms in total. The summed E-state index contributed by atoms with van der Waals surface area (Å²) in [6.07, 6.45) is 15.6. The molecule has 23 heavy (non-hydrogen) atoms. The lowest BCUT2D eigenvalue weighted by atomic mass is 10.1. The fourth-order valence-electron chi connectivity index (χ4n) is 3.57. The highest BCUT2D eigenvalue weighted by molar-refractivity contribution is 7.80. The summed E-state index contributed by atoms with van der Waals surface area (Å²) in [6, 6.07) is 0.940. The molecule has 0 aromatic carbocycles. The molecule has 0 aromatic rings. The van der Waals surface area contributed by atoms with Crippen molar-refractivity contribution in [3.8, 4) is 0 Å². The Morgan fingerprint density at radius 1 is 0.783 bits per heavy atom. The van der Waals surface area contributed by atoms with Gasteiger partial charge in [-0.05, 0) is 89.2 Å². The minimum absolute atomic E-state index is 0.940. The highest BCUT2D eigenvalue weighted by Crippen LogP contribution is 2.30. The molecule has 0 unspecified atom stereocenters. The fraction of sp³-hybridized carbons (Fsp3) is 1.00. The molecule has 136 valence electrons. The van der Waals surface area contributed by atoms with Crippen LogP contribution in [-0.4, -0.2) is 54.3 Å². The van der Waals surface area contributed by atoms with Crippen molar-refractivity contribution in [3.05, 3.63) is 0 Å². The number of unbranched alkanes of at least 4 members (excludes halogenated alkanes) is 5. The average Bonchev–Trinajstić information content (AvgIpc) is 3.45. The van der Waals surface area contributed by atoms with E-state index in [9.17, 15) is 0 Å². The van der Waals surface area contributed by atoms with Gasteiger partial charge < -0.3 is 9.80 Å². The van der Waals surface area contributed by atoms with Gasteiger partial charge in [0, 0.05) is 12.6 Å². The van der Waals surface area contributed by atoms with E-state index in [2.05, 4.69) is 29.4 Å². The zero-order chi connectivity index (χ0) is 16.3. The molecule has 2 saturated carbocycles. The van der Waals surface area contributed by atoms with Crippen LogP contribution in [0.2, 0.25) is 0 Å². The van der Waals surface area contributed by atoms with Crippen LogP contribution < -0.4 is 0 Å². The minimum atomic E-state index is 0.940. The third kappa shape index (κ3) is 9.36. The lowest BCUT2D eigenvalue weighted by Gasteiger charge is -2.22. The van der Waals surface area contributed by atoms with Crippen molar-refractivity contribution in [1.82, 2.24) is 9.80 Å². The van der Waals surface area contributed by atoms with E-state index in [0.717, 1.165) is 17.7 Å². The second-order valence-corrected chi connectivity index (χ2v) is 8.25. The lowest BCUT2D eigenvalue weighted by Crippen LogP contribution is -2.28. The Labute approximate surface area is 150 Å². The van der Waals surface area contributed by atoms with Gasteiger partial charge in [-0.1, -0.05) is 26.2 Å². The second kappa shape index (κ2) is 11.8. The van der Waals surface area contributed by atoms with Crippen molar-refractivity contribution >= 4 is 12.6 Å². The number of thiol groups is 1. The molecule has 3 heteroatoms. The van der Waals surface area contributed by atoms with E-state index < -0.39 is 0 Å². The molecule has 0 aromatic heterocycles. The first kappa shape index (κ1) is 19.6. The third-order valence-corrected chi connectivity index (χ3v) is 5.81. The Bertz CT molecular complexity index is 289. The van der Waals surface area contributed by atoms with Crippen molar-refractivity contribution in [1.29, 1.82) is 0 Å². The largest absolute Gasteiger partial charge is 0.303 e. The molecular formula is C20H40N2S. The third-order valence-electron chi connectivity index (χ3n) is 5.50. The zero-order valence-electron chi connectivity index (χ0n) is 15.5. The van der Waals surface area contributed by atoms with Gasteiger partial charge in [-0.25, -0.2) is 0 Å². The van der Waals surface area contributed by atoms with Crippen LogP contribution >= 0.6 is 12.6 Å².